The van der Waals surface area contributed by atoms with Crippen LogP contribution in [0.4, 0.5) is 17.2 Å². The highest BCUT2D eigenvalue weighted by molar-refractivity contribution is 7.90. The van der Waals surface area contributed by atoms with Crippen LogP contribution >= 0.6 is 0 Å². The van der Waals surface area contributed by atoms with Crippen molar-refractivity contribution in [2.45, 2.75) is 4.90 Å². The number of carbonyl (C=O) groups is 1. The number of anilines is 3. The molecule has 1 fully saturated rings. The van der Waals surface area contributed by atoms with Crippen LogP contribution in [-0.2, 0) is 10.0 Å². The number of amidine groups is 1. The van der Waals surface area contributed by atoms with E-state index < -0.39 is 10.0 Å². The lowest BCUT2D eigenvalue weighted by atomic mass is 10.1. The minimum absolute atomic E-state index is 0.181. The van der Waals surface area contributed by atoms with Crippen LogP contribution in [0.1, 0.15) is 15.9 Å². The van der Waals surface area contributed by atoms with Gasteiger partial charge in [-0.3, -0.25) is 4.79 Å². The third-order valence-electron chi connectivity index (χ3n) is 5.87. The molecule has 0 spiro atoms. The molecule has 0 unspecified atom stereocenters. The van der Waals surface area contributed by atoms with Gasteiger partial charge in [0.2, 0.25) is 0 Å². The molecule has 5 rings (SSSR count). The Hall–Kier alpha value is -3.76. The van der Waals surface area contributed by atoms with Gasteiger partial charge in [-0.05, 0) is 55.6 Å². The molecule has 174 valence electrons. The molecule has 2 N–H and O–H groups in total. The quantitative estimate of drug-likeness (QED) is 0.596. The number of pyridine rings is 1. The van der Waals surface area contributed by atoms with Crippen molar-refractivity contribution in [1.82, 2.24) is 9.88 Å². The van der Waals surface area contributed by atoms with E-state index in [1.807, 2.05) is 12.1 Å². The third kappa shape index (κ3) is 4.50. The summed E-state index contributed by atoms with van der Waals surface area (Å²) in [6, 6.07) is 17.2. The molecule has 0 atom stereocenters. The molecular weight excluding hydrogens is 452 g/mol. The Balaban J connectivity index is 1.22. The number of likely N-dealkylation sites (N-methyl/N-ethyl adjacent to an activating group) is 1. The standard InChI is InChI=1S/C24H24N6O3S/c1-29-12-14-30(15-13-29)22-11-10-19(16-25-22)27-24(31)17-6-8-18(9-7-17)26-23-20-4-2-3-5-21(20)34(32,33)28-23/h2-11,16H,12-15H2,1H3,(H,26,28)(H,27,31). The second-order valence-corrected chi connectivity index (χ2v) is 9.84. The Bertz CT molecular complexity index is 1350. The molecule has 2 aromatic carbocycles. The highest BCUT2D eigenvalue weighted by atomic mass is 32.2. The Kier molecular flexibility index (Phi) is 5.76. The summed E-state index contributed by atoms with van der Waals surface area (Å²) < 4.78 is 28.2. The molecule has 1 amide bonds. The van der Waals surface area contributed by atoms with Gasteiger partial charge in [-0.1, -0.05) is 12.1 Å². The molecule has 0 aliphatic carbocycles. The van der Waals surface area contributed by atoms with Crippen LogP contribution in [0.25, 0.3) is 0 Å². The first-order valence-corrected chi connectivity index (χ1v) is 12.4. The molecule has 1 saturated heterocycles. The van der Waals surface area contributed by atoms with Crippen molar-refractivity contribution in [2.24, 2.45) is 4.40 Å². The molecular formula is C24H24N6O3S. The zero-order chi connectivity index (χ0) is 23.7. The van der Waals surface area contributed by atoms with Gasteiger partial charge in [-0.15, -0.1) is 4.40 Å². The summed E-state index contributed by atoms with van der Waals surface area (Å²) in [5, 5.41) is 5.89. The zero-order valence-corrected chi connectivity index (χ0v) is 19.4. The van der Waals surface area contributed by atoms with E-state index in [-0.39, 0.29) is 16.6 Å². The van der Waals surface area contributed by atoms with Crippen LogP contribution in [0.5, 0.6) is 0 Å². The fourth-order valence-electron chi connectivity index (χ4n) is 3.92. The number of sulfonamides is 1. The van der Waals surface area contributed by atoms with Gasteiger partial charge in [-0.2, -0.15) is 8.42 Å². The maximum absolute atomic E-state index is 12.7. The fraction of sp³-hybridized carbons (Fsp3) is 0.208. The van der Waals surface area contributed by atoms with E-state index in [1.165, 1.54) is 6.07 Å². The summed E-state index contributed by atoms with van der Waals surface area (Å²) in [6.07, 6.45) is 1.66. The van der Waals surface area contributed by atoms with Gasteiger partial charge < -0.3 is 20.4 Å². The summed E-state index contributed by atoms with van der Waals surface area (Å²) in [7, 11) is -1.58. The molecule has 3 heterocycles. The highest BCUT2D eigenvalue weighted by Gasteiger charge is 2.28. The molecule has 0 radical (unpaired) electrons. The van der Waals surface area contributed by atoms with Crippen molar-refractivity contribution in [3.63, 3.8) is 0 Å². The first-order chi connectivity index (χ1) is 16.4. The molecule has 2 aliphatic rings. The van der Waals surface area contributed by atoms with E-state index in [1.54, 1.807) is 48.7 Å². The number of fused-ring (bicyclic) bond motifs is 1. The lowest BCUT2D eigenvalue weighted by Crippen LogP contribution is -2.44. The van der Waals surface area contributed by atoms with Gasteiger partial charge in [0.05, 0.1) is 11.9 Å². The average molecular weight is 477 g/mol. The summed E-state index contributed by atoms with van der Waals surface area (Å²) in [5.41, 5.74) is 2.24. The van der Waals surface area contributed by atoms with Crippen molar-refractivity contribution in [3.05, 3.63) is 78.0 Å². The summed E-state index contributed by atoms with van der Waals surface area (Å²) in [6.45, 7) is 3.86. The predicted octanol–water partition coefficient (Wildman–Crippen LogP) is 2.65. The minimum atomic E-state index is -3.69. The van der Waals surface area contributed by atoms with E-state index in [0.717, 1.165) is 32.0 Å². The third-order valence-corrected chi connectivity index (χ3v) is 7.21. The maximum Gasteiger partial charge on any atom is 0.285 e. The fourth-order valence-corrected chi connectivity index (χ4v) is 5.10. The van der Waals surface area contributed by atoms with E-state index in [9.17, 15) is 13.2 Å². The van der Waals surface area contributed by atoms with Gasteiger partial charge >= 0.3 is 0 Å². The number of benzene rings is 2. The van der Waals surface area contributed by atoms with Gasteiger partial charge in [-0.25, -0.2) is 4.98 Å². The summed E-state index contributed by atoms with van der Waals surface area (Å²) >= 11 is 0. The lowest BCUT2D eigenvalue weighted by molar-refractivity contribution is 0.102. The summed E-state index contributed by atoms with van der Waals surface area (Å²) in [4.78, 5) is 21.9. The molecule has 3 aromatic rings. The topological polar surface area (TPSA) is 107 Å². The maximum atomic E-state index is 12.7. The lowest BCUT2D eigenvalue weighted by Gasteiger charge is -2.33. The second kappa shape index (κ2) is 8.88. The second-order valence-electron chi connectivity index (χ2n) is 8.26. The van der Waals surface area contributed by atoms with Crippen LogP contribution in [0, 0.1) is 0 Å². The Morgan fingerprint density at radius 1 is 0.912 bits per heavy atom. The number of aromatic nitrogens is 1. The number of nitrogens with zero attached hydrogens (tertiary/aromatic N) is 4. The number of piperazine rings is 1. The van der Waals surface area contributed by atoms with E-state index in [0.29, 0.717) is 22.5 Å². The Labute approximate surface area is 198 Å². The number of carbonyl (C=O) groups excluding carboxylic acids is 1. The molecule has 10 heteroatoms. The average Bonchev–Trinajstić information content (AvgIpc) is 3.10. The van der Waals surface area contributed by atoms with Crippen molar-refractivity contribution < 1.29 is 13.2 Å². The molecule has 34 heavy (non-hydrogen) atoms. The van der Waals surface area contributed by atoms with Crippen LogP contribution < -0.4 is 15.5 Å². The van der Waals surface area contributed by atoms with Crippen molar-refractivity contribution in [2.75, 3.05) is 48.8 Å². The monoisotopic (exact) mass is 476 g/mol. The number of hydrogen-bond donors (Lipinski definition) is 2. The van der Waals surface area contributed by atoms with E-state index in [4.69, 9.17) is 0 Å². The van der Waals surface area contributed by atoms with Crippen molar-refractivity contribution in [3.8, 4) is 0 Å². The van der Waals surface area contributed by atoms with E-state index >= 15 is 0 Å². The van der Waals surface area contributed by atoms with Crippen LogP contribution in [0.3, 0.4) is 0 Å². The SMILES string of the molecule is CN1CCN(c2ccc(NC(=O)c3ccc(NC4=NS(=O)(=O)c5ccccc54)cc3)cn2)CC1. The first kappa shape index (κ1) is 22.1. The predicted molar refractivity (Wildman–Crippen MR) is 132 cm³/mol. The molecule has 0 saturated carbocycles. The number of nitrogens with one attached hydrogen (secondary N) is 2. The minimum Gasteiger partial charge on any atom is -0.354 e. The molecule has 2 aliphatic heterocycles. The number of hydrogen-bond acceptors (Lipinski definition) is 7. The van der Waals surface area contributed by atoms with Crippen molar-refractivity contribution >= 4 is 39.0 Å². The largest absolute Gasteiger partial charge is 0.354 e. The Morgan fingerprint density at radius 2 is 1.62 bits per heavy atom. The van der Waals surface area contributed by atoms with Crippen LogP contribution in [-0.4, -0.2) is 63.3 Å². The van der Waals surface area contributed by atoms with Gasteiger partial charge in [0.25, 0.3) is 15.9 Å². The molecule has 1 aromatic heterocycles. The van der Waals surface area contributed by atoms with Gasteiger partial charge in [0.1, 0.15) is 10.7 Å². The first-order valence-electron chi connectivity index (χ1n) is 10.9. The highest BCUT2D eigenvalue weighted by Crippen LogP contribution is 2.27. The van der Waals surface area contributed by atoms with Crippen molar-refractivity contribution in [1.29, 1.82) is 0 Å². The van der Waals surface area contributed by atoms with E-state index in [2.05, 4.69) is 36.9 Å². The van der Waals surface area contributed by atoms with Gasteiger partial charge in [0.15, 0.2) is 5.84 Å². The van der Waals surface area contributed by atoms with Crippen LogP contribution in [0.15, 0.2) is 76.2 Å². The number of rotatable bonds is 4. The van der Waals surface area contributed by atoms with Gasteiger partial charge in [0, 0.05) is 43.0 Å². The zero-order valence-electron chi connectivity index (χ0n) is 18.6. The van der Waals surface area contributed by atoms with Crippen LogP contribution in [0.2, 0.25) is 0 Å². The number of amides is 1. The Morgan fingerprint density at radius 3 is 2.32 bits per heavy atom. The molecule has 9 nitrogen and oxygen atoms in total. The summed E-state index contributed by atoms with van der Waals surface area (Å²) in [5.74, 6) is 0.908. The smallest absolute Gasteiger partial charge is 0.285 e. The molecule has 0 bridgehead atoms. The normalized spacial score (nSPS) is 17.1.